The Morgan fingerprint density at radius 3 is 2.64 bits per heavy atom. The Kier molecular flexibility index (Phi) is 5.40. The van der Waals surface area contributed by atoms with Crippen molar-refractivity contribution in [3.8, 4) is 5.75 Å². The minimum atomic E-state index is -2.95. The Balaban J connectivity index is 2.06. The highest BCUT2D eigenvalue weighted by Gasteiger charge is 2.15. The largest absolute Gasteiger partial charge is 0.434 e. The van der Waals surface area contributed by atoms with Crippen LogP contribution >= 0.6 is 45.8 Å². The summed E-state index contributed by atoms with van der Waals surface area (Å²) in [6, 6.07) is 5.78. The smallest absolute Gasteiger partial charge is 0.387 e. The Hall–Kier alpha value is -1.52. The van der Waals surface area contributed by atoms with E-state index in [1.54, 1.807) is 6.07 Å². The lowest BCUT2D eigenvalue weighted by Crippen LogP contribution is -2.04. The average molecular weight is 500 g/mol. The number of aromatic nitrogens is 2. The number of fused-ring (bicyclic) bond motifs is 1. The van der Waals surface area contributed by atoms with Gasteiger partial charge in [0.25, 0.3) is 0 Å². The third kappa shape index (κ3) is 3.85. The van der Waals surface area contributed by atoms with Crippen molar-refractivity contribution >= 4 is 68.2 Å². The SMILES string of the molecule is Fc1c(Nc2ncnc3cc(OC(F)F)c(I)cc23)ccc(Cl)c1Cl. The first-order valence-corrected chi connectivity index (χ1v) is 8.50. The summed E-state index contributed by atoms with van der Waals surface area (Å²) in [6.45, 7) is -2.95. The molecule has 0 unspecified atom stereocenters. The summed E-state index contributed by atoms with van der Waals surface area (Å²) in [4.78, 5) is 8.10. The molecule has 3 aromatic rings. The number of halogens is 6. The molecule has 0 saturated heterocycles. The summed E-state index contributed by atoms with van der Waals surface area (Å²) in [6.07, 6.45) is 1.22. The van der Waals surface area contributed by atoms with Gasteiger partial charge in [0, 0.05) is 11.5 Å². The molecule has 1 heterocycles. The van der Waals surface area contributed by atoms with Gasteiger partial charge in [-0.1, -0.05) is 23.2 Å². The minimum absolute atomic E-state index is 0.00605. The second kappa shape index (κ2) is 7.38. The van der Waals surface area contributed by atoms with Crippen LogP contribution in [0.4, 0.5) is 24.7 Å². The van der Waals surface area contributed by atoms with Crippen LogP contribution in [0, 0.1) is 9.39 Å². The number of hydrogen-bond acceptors (Lipinski definition) is 4. The van der Waals surface area contributed by atoms with Crippen LogP contribution in [-0.2, 0) is 0 Å². The predicted molar refractivity (Wildman–Crippen MR) is 98.6 cm³/mol. The number of alkyl halides is 2. The average Bonchev–Trinajstić information content (AvgIpc) is 2.56. The molecule has 0 saturated carbocycles. The number of nitrogens with one attached hydrogen (secondary N) is 1. The summed E-state index contributed by atoms with van der Waals surface area (Å²) in [5.74, 6) is -0.453. The van der Waals surface area contributed by atoms with Crippen LogP contribution in [0.5, 0.6) is 5.75 Å². The van der Waals surface area contributed by atoms with Gasteiger partial charge in [-0.3, -0.25) is 0 Å². The first-order chi connectivity index (χ1) is 11.9. The van der Waals surface area contributed by atoms with Crippen molar-refractivity contribution in [1.82, 2.24) is 9.97 Å². The molecule has 0 aliphatic heterocycles. The number of hydrogen-bond donors (Lipinski definition) is 1. The molecule has 0 aliphatic carbocycles. The van der Waals surface area contributed by atoms with Crippen LogP contribution in [0.2, 0.25) is 10.0 Å². The second-order valence-corrected chi connectivity index (χ2v) is 6.70. The van der Waals surface area contributed by atoms with Gasteiger partial charge in [0.05, 0.1) is 24.8 Å². The molecule has 25 heavy (non-hydrogen) atoms. The summed E-state index contributed by atoms with van der Waals surface area (Å²) < 4.78 is 44.0. The first kappa shape index (κ1) is 18.3. The fourth-order valence-electron chi connectivity index (χ4n) is 2.09. The molecular weight excluding hydrogens is 493 g/mol. The molecule has 1 N–H and O–H groups in total. The molecule has 0 aliphatic rings. The molecule has 0 bridgehead atoms. The molecule has 3 rings (SSSR count). The van der Waals surface area contributed by atoms with Crippen LogP contribution in [0.1, 0.15) is 0 Å². The maximum atomic E-state index is 14.2. The number of anilines is 2. The summed E-state index contributed by atoms with van der Waals surface area (Å²) in [7, 11) is 0. The highest BCUT2D eigenvalue weighted by Crippen LogP contribution is 2.34. The van der Waals surface area contributed by atoms with Gasteiger partial charge >= 0.3 is 6.61 Å². The lowest BCUT2D eigenvalue weighted by molar-refractivity contribution is -0.0503. The summed E-state index contributed by atoms with van der Waals surface area (Å²) in [5, 5.41) is 3.18. The third-order valence-corrected chi connectivity index (χ3v) is 4.82. The van der Waals surface area contributed by atoms with Crippen molar-refractivity contribution in [3.63, 3.8) is 0 Å². The zero-order valence-corrected chi connectivity index (χ0v) is 15.7. The Bertz CT molecular complexity index is 959. The van der Waals surface area contributed by atoms with Crippen LogP contribution < -0.4 is 10.1 Å². The van der Waals surface area contributed by atoms with E-state index in [1.807, 2.05) is 22.6 Å². The molecule has 0 atom stereocenters. The summed E-state index contributed by atoms with van der Waals surface area (Å²) >= 11 is 13.4. The van der Waals surface area contributed by atoms with Crippen LogP contribution in [0.3, 0.4) is 0 Å². The van der Waals surface area contributed by atoms with Crippen molar-refractivity contribution in [2.24, 2.45) is 0 Å². The quantitative estimate of drug-likeness (QED) is 0.352. The molecule has 10 heteroatoms. The first-order valence-electron chi connectivity index (χ1n) is 6.66. The Labute approximate surface area is 163 Å². The van der Waals surface area contributed by atoms with Crippen molar-refractivity contribution in [2.45, 2.75) is 6.61 Å². The van der Waals surface area contributed by atoms with Crippen molar-refractivity contribution < 1.29 is 17.9 Å². The van der Waals surface area contributed by atoms with Gasteiger partial charge in [-0.15, -0.1) is 0 Å². The highest BCUT2D eigenvalue weighted by atomic mass is 127. The fraction of sp³-hybridized carbons (Fsp3) is 0.0667. The lowest BCUT2D eigenvalue weighted by Gasteiger charge is -2.12. The Morgan fingerprint density at radius 2 is 1.92 bits per heavy atom. The standard InChI is InChI=1S/C15H7Cl2F3IN3O/c16-7-1-2-9(13(18)12(7)17)24-14-6-3-8(21)11(25-15(19)20)4-10(6)22-5-23-14/h1-5,15H,(H,22,23,24). The lowest BCUT2D eigenvalue weighted by atomic mass is 10.2. The third-order valence-electron chi connectivity index (χ3n) is 3.19. The molecule has 1 aromatic heterocycles. The van der Waals surface area contributed by atoms with Gasteiger partial charge in [0.2, 0.25) is 0 Å². The monoisotopic (exact) mass is 499 g/mol. The van der Waals surface area contributed by atoms with Gasteiger partial charge < -0.3 is 10.1 Å². The summed E-state index contributed by atoms with van der Waals surface area (Å²) in [5.41, 5.74) is 0.423. The van der Waals surface area contributed by atoms with E-state index < -0.39 is 12.4 Å². The van der Waals surface area contributed by atoms with E-state index in [0.717, 1.165) is 0 Å². The second-order valence-electron chi connectivity index (χ2n) is 4.75. The van der Waals surface area contributed by atoms with Gasteiger partial charge in [-0.05, 0) is 40.8 Å². The van der Waals surface area contributed by atoms with E-state index in [0.29, 0.717) is 14.5 Å². The van der Waals surface area contributed by atoms with E-state index in [-0.39, 0.29) is 27.3 Å². The van der Waals surface area contributed by atoms with Gasteiger partial charge in [-0.2, -0.15) is 8.78 Å². The van der Waals surface area contributed by atoms with E-state index in [4.69, 9.17) is 23.2 Å². The molecule has 0 spiro atoms. The van der Waals surface area contributed by atoms with Gasteiger partial charge in [0.15, 0.2) is 5.82 Å². The molecule has 0 radical (unpaired) electrons. The van der Waals surface area contributed by atoms with E-state index in [9.17, 15) is 13.2 Å². The zero-order valence-electron chi connectivity index (χ0n) is 12.0. The van der Waals surface area contributed by atoms with E-state index >= 15 is 0 Å². The fourth-order valence-corrected chi connectivity index (χ4v) is 3.00. The Morgan fingerprint density at radius 1 is 1.16 bits per heavy atom. The van der Waals surface area contributed by atoms with Crippen LogP contribution in [0.25, 0.3) is 10.9 Å². The van der Waals surface area contributed by atoms with Crippen LogP contribution in [0.15, 0.2) is 30.6 Å². The van der Waals surface area contributed by atoms with Crippen molar-refractivity contribution in [2.75, 3.05) is 5.32 Å². The maximum absolute atomic E-state index is 14.2. The highest BCUT2D eigenvalue weighted by molar-refractivity contribution is 14.1. The molecule has 0 fully saturated rings. The van der Waals surface area contributed by atoms with E-state index in [1.165, 1.54) is 24.5 Å². The zero-order chi connectivity index (χ0) is 18.1. The maximum Gasteiger partial charge on any atom is 0.387 e. The number of benzene rings is 2. The normalized spacial score (nSPS) is 11.2. The molecule has 2 aromatic carbocycles. The van der Waals surface area contributed by atoms with Crippen molar-refractivity contribution in [1.29, 1.82) is 0 Å². The molecular formula is C15H7Cl2F3IN3O. The molecule has 0 amide bonds. The topological polar surface area (TPSA) is 47.0 Å². The molecule has 4 nitrogen and oxygen atoms in total. The minimum Gasteiger partial charge on any atom is -0.434 e. The predicted octanol–water partition coefficient (Wildman–Crippen LogP) is 6.03. The van der Waals surface area contributed by atoms with Crippen LogP contribution in [-0.4, -0.2) is 16.6 Å². The van der Waals surface area contributed by atoms with Crippen molar-refractivity contribution in [3.05, 3.63) is 50.0 Å². The van der Waals surface area contributed by atoms with Gasteiger partial charge in [0.1, 0.15) is 17.9 Å². The van der Waals surface area contributed by atoms with Gasteiger partial charge in [-0.25, -0.2) is 14.4 Å². The number of rotatable bonds is 4. The number of ether oxygens (including phenoxy) is 1. The van der Waals surface area contributed by atoms with E-state index in [2.05, 4.69) is 20.0 Å². The number of nitrogens with zero attached hydrogens (tertiary/aromatic N) is 2. The molecule has 130 valence electrons.